The fourth-order valence-electron chi connectivity index (χ4n) is 2.69. The lowest BCUT2D eigenvalue weighted by atomic mass is 10.0. The van der Waals surface area contributed by atoms with Gasteiger partial charge >= 0.3 is 0 Å². The number of hydrogen-bond donors (Lipinski definition) is 2. The van der Waals surface area contributed by atoms with Crippen LogP contribution in [-0.2, 0) is 0 Å². The highest BCUT2D eigenvalue weighted by Gasteiger charge is 2.25. The van der Waals surface area contributed by atoms with Gasteiger partial charge in [-0.1, -0.05) is 22.4 Å². The van der Waals surface area contributed by atoms with Gasteiger partial charge in [-0.05, 0) is 51.4 Å². The first-order valence-corrected chi connectivity index (χ1v) is 8.31. The van der Waals surface area contributed by atoms with Crippen molar-refractivity contribution in [1.82, 2.24) is 10.2 Å². The molecule has 2 rings (SSSR count). The molecule has 1 aliphatic rings. The van der Waals surface area contributed by atoms with Gasteiger partial charge in [0, 0.05) is 23.1 Å². The van der Waals surface area contributed by atoms with E-state index in [1.165, 1.54) is 12.8 Å². The molecule has 21 heavy (non-hydrogen) atoms. The molecule has 0 spiro atoms. The molecule has 1 fully saturated rings. The van der Waals surface area contributed by atoms with E-state index in [2.05, 4.69) is 21.2 Å². The second-order valence-corrected chi connectivity index (χ2v) is 6.78. The molecule has 1 unspecified atom stereocenters. The van der Waals surface area contributed by atoms with Crippen molar-refractivity contribution in [2.45, 2.75) is 45.2 Å². The summed E-state index contributed by atoms with van der Waals surface area (Å²) in [4.78, 5) is 14.6. The Labute approximate surface area is 134 Å². The molecular weight excluding hydrogens is 332 g/mol. The number of carbonyl (C=O) groups is 1. The zero-order valence-corrected chi connectivity index (χ0v) is 14.2. The van der Waals surface area contributed by atoms with Crippen LogP contribution in [0.1, 0.15) is 43.5 Å². The van der Waals surface area contributed by atoms with Crippen LogP contribution >= 0.6 is 15.9 Å². The van der Waals surface area contributed by atoms with Crippen molar-refractivity contribution >= 4 is 21.8 Å². The molecule has 116 valence electrons. The first-order valence-electron chi connectivity index (χ1n) is 7.52. The first-order chi connectivity index (χ1) is 9.99. The summed E-state index contributed by atoms with van der Waals surface area (Å²) in [6.07, 6.45) is 3.52. The van der Waals surface area contributed by atoms with Gasteiger partial charge in [0.25, 0.3) is 5.91 Å². The monoisotopic (exact) mass is 354 g/mol. The lowest BCUT2D eigenvalue weighted by molar-refractivity contribution is 0.0673. The van der Waals surface area contributed by atoms with Gasteiger partial charge in [0.05, 0.1) is 5.56 Å². The minimum Gasteiger partial charge on any atom is -0.507 e. The zero-order valence-electron chi connectivity index (χ0n) is 12.6. The summed E-state index contributed by atoms with van der Waals surface area (Å²) in [6.45, 7) is 5.73. The van der Waals surface area contributed by atoms with Crippen molar-refractivity contribution in [3.05, 3.63) is 28.2 Å². The molecule has 1 heterocycles. The van der Waals surface area contributed by atoms with Gasteiger partial charge in [0.1, 0.15) is 5.75 Å². The van der Waals surface area contributed by atoms with E-state index in [4.69, 9.17) is 0 Å². The largest absolute Gasteiger partial charge is 0.507 e. The van der Waals surface area contributed by atoms with E-state index in [1.54, 1.807) is 18.2 Å². The third kappa shape index (κ3) is 4.20. The average Bonchev–Trinajstić information content (AvgIpc) is 2.45. The van der Waals surface area contributed by atoms with Gasteiger partial charge < -0.3 is 15.3 Å². The van der Waals surface area contributed by atoms with Crippen LogP contribution in [0.25, 0.3) is 0 Å². The molecule has 0 bridgehead atoms. The van der Waals surface area contributed by atoms with E-state index in [0.29, 0.717) is 18.2 Å². The Balaban J connectivity index is 2.14. The van der Waals surface area contributed by atoms with Crippen molar-refractivity contribution in [2.24, 2.45) is 0 Å². The van der Waals surface area contributed by atoms with Crippen LogP contribution in [-0.4, -0.2) is 41.1 Å². The van der Waals surface area contributed by atoms with Crippen LogP contribution in [0, 0.1) is 0 Å². The molecule has 1 amide bonds. The molecule has 0 saturated carbocycles. The Morgan fingerprint density at radius 3 is 2.81 bits per heavy atom. The van der Waals surface area contributed by atoms with Crippen molar-refractivity contribution < 1.29 is 9.90 Å². The van der Waals surface area contributed by atoms with Crippen LogP contribution in [0.4, 0.5) is 0 Å². The summed E-state index contributed by atoms with van der Waals surface area (Å²) < 4.78 is 0.765. The highest BCUT2D eigenvalue weighted by molar-refractivity contribution is 9.10. The number of piperidine rings is 1. The highest BCUT2D eigenvalue weighted by atomic mass is 79.9. The summed E-state index contributed by atoms with van der Waals surface area (Å²) in [7, 11) is 0. The molecule has 1 aliphatic heterocycles. The molecule has 1 aromatic rings. The predicted molar refractivity (Wildman–Crippen MR) is 87.6 cm³/mol. The maximum absolute atomic E-state index is 12.7. The van der Waals surface area contributed by atoms with Gasteiger partial charge in [-0.15, -0.1) is 0 Å². The molecule has 0 aliphatic carbocycles. The Bertz CT molecular complexity index is 499. The van der Waals surface area contributed by atoms with E-state index in [9.17, 15) is 9.90 Å². The lowest BCUT2D eigenvalue weighted by Crippen LogP contribution is -2.48. The predicted octanol–water partition coefficient (Wildman–Crippen LogP) is 3.15. The Kier molecular flexibility index (Phi) is 5.65. The van der Waals surface area contributed by atoms with E-state index >= 15 is 0 Å². The second-order valence-electron chi connectivity index (χ2n) is 5.86. The highest BCUT2D eigenvalue weighted by Crippen LogP contribution is 2.24. The third-order valence-electron chi connectivity index (χ3n) is 3.90. The molecule has 0 aromatic heterocycles. The Morgan fingerprint density at radius 1 is 1.48 bits per heavy atom. The van der Waals surface area contributed by atoms with E-state index < -0.39 is 0 Å². The third-order valence-corrected chi connectivity index (χ3v) is 4.40. The molecule has 1 aromatic carbocycles. The standard InChI is InChI=1S/C16H23BrN2O2/c1-11(2)19(10-13-5-3-4-8-18-13)16(21)14-7-6-12(17)9-15(14)20/h6-7,9,11,13,18,20H,3-5,8,10H2,1-2H3. The van der Waals surface area contributed by atoms with Crippen molar-refractivity contribution in [1.29, 1.82) is 0 Å². The summed E-state index contributed by atoms with van der Waals surface area (Å²) in [5.41, 5.74) is 0.364. The molecule has 0 radical (unpaired) electrons. The number of aromatic hydroxyl groups is 1. The van der Waals surface area contributed by atoms with Gasteiger partial charge in [-0.3, -0.25) is 4.79 Å². The van der Waals surface area contributed by atoms with Gasteiger partial charge in [0.15, 0.2) is 0 Å². The Morgan fingerprint density at radius 2 is 2.24 bits per heavy atom. The van der Waals surface area contributed by atoms with E-state index in [-0.39, 0.29) is 17.7 Å². The SMILES string of the molecule is CC(C)N(CC1CCCCN1)C(=O)c1ccc(Br)cc1O. The van der Waals surface area contributed by atoms with Crippen LogP contribution in [0.3, 0.4) is 0 Å². The summed E-state index contributed by atoms with van der Waals surface area (Å²) in [5, 5.41) is 13.5. The number of carbonyl (C=O) groups excluding carboxylic acids is 1. The number of amides is 1. The minimum absolute atomic E-state index is 0.0247. The quantitative estimate of drug-likeness (QED) is 0.873. The molecule has 5 heteroatoms. The maximum atomic E-state index is 12.7. The number of benzene rings is 1. The minimum atomic E-state index is -0.109. The summed E-state index contributed by atoms with van der Waals surface area (Å²) >= 11 is 3.30. The van der Waals surface area contributed by atoms with Crippen LogP contribution in [0.2, 0.25) is 0 Å². The molecule has 1 saturated heterocycles. The summed E-state index contributed by atoms with van der Waals surface area (Å²) in [5.74, 6) is -0.0843. The molecule has 4 nitrogen and oxygen atoms in total. The lowest BCUT2D eigenvalue weighted by Gasteiger charge is -2.33. The first kappa shape index (κ1) is 16.3. The number of nitrogens with one attached hydrogen (secondary N) is 1. The Hall–Kier alpha value is -1.07. The van der Waals surface area contributed by atoms with Crippen molar-refractivity contribution in [3.63, 3.8) is 0 Å². The summed E-state index contributed by atoms with van der Waals surface area (Å²) in [6, 6.07) is 5.47. The molecular formula is C16H23BrN2O2. The fourth-order valence-corrected chi connectivity index (χ4v) is 3.03. The average molecular weight is 355 g/mol. The normalized spacial score (nSPS) is 18.8. The fraction of sp³-hybridized carbons (Fsp3) is 0.562. The van der Waals surface area contributed by atoms with Crippen LogP contribution < -0.4 is 5.32 Å². The topological polar surface area (TPSA) is 52.6 Å². The number of rotatable bonds is 4. The van der Waals surface area contributed by atoms with E-state index in [1.807, 2.05) is 18.7 Å². The van der Waals surface area contributed by atoms with Gasteiger partial charge in [-0.2, -0.15) is 0 Å². The van der Waals surface area contributed by atoms with Crippen molar-refractivity contribution in [2.75, 3.05) is 13.1 Å². The number of halogens is 1. The smallest absolute Gasteiger partial charge is 0.257 e. The number of nitrogens with zero attached hydrogens (tertiary/aromatic N) is 1. The molecule has 1 atom stereocenters. The zero-order chi connectivity index (χ0) is 15.4. The maximum Gasteiger partial charge on any atom is 0.257 e. The van der Waals surface area contributed by atoms with Gasteiger partial charge in [-0.25, -0.2) is 0 Å². The second kappa shape index (κ2) is 7.27. The van der Waals surface area contributed by atoms with E-state index in [0.717, 1.165) is 17.4 Å². The van der Waals surface area contributed by atoms with Crippen LogP contribution in [0.5, 0.6) is 5.75 Å². The molecule has 2 N–H and O–H groups in total. The van der Waals surface area contributed by atoms with Crippen LogP contribution in [0.15, 0.2) is 22.7 Å². The van der Waals surface area contributed by atoms with Crippen molar-refractivity contribution in [3.8, 4) is 5.75 Å². The van der Waals surface area contributed by atoms with Gasteiger partial charge in [0.2, 0.25) is 0 Å². The number of phenolic OH excluding ortho intramolecular Hbond substituents is 1. The number of phenols is 1. The number of hydrogen-bond acceptors (Lipinski definition) is 3.